The molecule has 0 radical (unpaired) electrons. The molecule has 0 saturated carbocycles. The van der Waals surface area contributed by atoms with Crippen LogP contribution in [0.5, 0.6) is 0 Å². The first-order valence-corrected chi connectivity index (χ1v) is 9.04. The van der Waals surface area contributed by atoms with E-state index in [0.717, 1.165) is 37.9 Å². The van der Waals surface area contributed by atoms with Gasteiger partial charge in [0.1, 0.15) is 6.04 Å². The normalized spacial score (nSPS) is 20.6. The Kier molecular flexibility index (Phi) is 5.68. The monoisotopic (exact) mass is 343 g/mol. The number of hydrogen-bond acceptors (Lipinski definition) is 3. The number of benzene rings is 1. The summed E-state index contributed by atoms with van der Waals surface area (Å²) in [7, 11) is 0. The summed E-state index contributed by atoms with van der Waals surface area (Å²) in [5, 5.41) is 2.73. The fourth-order valence-electron chi connectivity index (χ4n) is 3.52. The quantitative estimate of drug-likeness (QED) is 0.876. The van der Waals surface area contributed by atoms with Crippen LogP contribution in [-0.4, -0.2) is 53.2 Å². The lowest BCUT2D eigenvalue weighted by Gasteiger charge is -2.28. The van der Waals surface area contributed by atoms with Gasteiger partial charge < -0.3 is 15.1 Å². The maximum atomic E-state index is 12.5. The van der Waals surface area contributed by atoms with Crippen LogP contribution in [0.25, 0.3) is 0 Å². The molecule has 3 amide bonds. The van der Waals surface area contributed by atoms with Gasteiger partial charge >= 0.3 is 0 Å². The molecule has 0 bridgehead atoms. The smallest absolute Gasteiger partial charge is 0.243 e. The number of likely N-dealkylation sites (tertiary alicyclic amines) is 2. The van der Waals surface area contributed by atoms with Gasteiger partial charge in [0.05, 0.1) is 6.54 Å². The number of nitrogens with zero attached hydrogens (tertiary/aromatic N) is 2. The van der Waals surface area contributed by atoms with Crippen molar-refractivity contribution in [1.29, 1.82) is 0 Å². The van der Waals surface area contributed by atoms with Gasteiger partial charge in [-0.25, -0.2) is 0 Å². The van der Waals surface area contributed by atoms with Crippen molar-refractivity contribution in [3.8, 4) is 0 Å². The molecule has 0 aromatic heterocycles. The van der Waals surface area contributed by atoms with Crippen molar-refractivity contribution in [1.82, 2.24) is 15.1 Å². The molecule has 2 aliphatic rings. The molecular weight excluding hydrogens is 318 g/mol. The lowest BCUT2D eigenvalue weighted by Crippen LogP contribution is -2.48. The molecule has 1 aromatic carbocycles. The van der Waals surface area contributed by atoms with E-state index in [1.807, 2.05) is 35.2 Å². The van der Waals surface area contributed by atoms with Crippen LogP contribution in [0.2, 0.25) is 0 Å². The summed E-state index contributed by atoms with van der Waals surface area (Å²) in [6.07, 6.45) is 4.11. The molecule has 2 fully saturated rings. The standard InChI is InChI=1S/C19H25N3O3/c23-17-10-9-16(22(17)14-15-7-3-1-4-8-15)19(25)20-13-18(24)21-11-5-2-6-12-21/h1,3-4,7-8,16H,2,5-6,9-14H2,(H,20,25). The number of amides is 3. The molecule has 25 heavy (non-hydrogen) atoms. The van der Waals surface area contributed by atoms with Gasteiger partial charge in [-0.15, -0.1) is 0 Å². The van der Waals surface area contributed by atoms with Crippen LogP contribution in [-0.2, 0) is 20.9 Å². The van der Waals surface area contributed by atoms with Crippen molar-refractivity contribution >= 4 is 17.7 Å². The molecule has 1 N–H and O–H groups in total. The highest BCUT2D eigenvalue weighted by atomic mass is 16.2. The number of piperidine rings is 1. The zero-order valence-electron chi connectivity index (χ0n) is 14.4. The predicted octanol–water partition coefficient (Wildman–Crippen LogP) is 1.31. The molecular formula is C19H25N3O3. The molecule has 6 heteroatoms. The van der Waals surface area contributed by atoms with E-state index < -0.39 is 6.04 Å². The van der Waals surface area contributed by atoms with E-state index in [1.54, 1.807) is 4.90 Å². The van der Waals surface area contributed by atoms with Crippen LogP contribution in [0.15, 0.2) is 30.3 Å². The molecule has 0 spiro atoms. The van der Waals surface area contributed by atoms with Crippen molar-refractivity contribution in [3.05, 3.63) is 35.9 Å². The summed E-state index contributed by atoms with van der Waals surface area (Å²) in [4.78, 5) is 40.3. The Morgan fingerprint density at radius 1 is 1.08 bits per heavy atom. The highest BCUT2D eigenvalue weighted by molar-refractivity contribution is 5.92. The van der Waals surface area contributed by atoms with E-state index in [-0.39, 0.29) is 24.3 Å². The Labute approximate surface area is 148 Å². The summed E-state index contributed by atoms with van der Waals surface area (Å²) in [6.45, 7) is 1.99. The van der Waals surface area contributed by atoms with E-state index in [4.69, 9.17) is 0 Å². The van der Waals surface area contributed by atoms with E-state index in [2.05, 4.69) is 5.32 Å². The number of rotatable bonds is 5. The summed E-state index contributed by atoms with van der Waals surface area (Å²) < 4.78 is 0. The summed E-state index contributed by atoms with van der Waals surface area (Å²) >= 11 is 0. The van der Waals surface area contributed by atoms with Crippen LogP contribution in [0.4, 0.5) is 0 Å². The van der Waals surface area contributed by atoms with Crippen LogP contribution in [0.3, 0.4) is 0 Å². The minimum absolute atomic E-state index is 0.00800. The molecule has 3 rings (SSSR count). The molecule has 1 unspecified atom stereocenters. The van der Waals surface area contributed by atoms with Crippen molar-refractivity contribution < 1.29 is 14.4 Å². The molecule has 0 aliphatic carbocycles. The van der Waals surface area contributed by atoms with E-state index in [1.165, 1.54) is 0 Å². The van der Waals surface area contributed by atoms with Gasteiger partial charge in [0, 0.05) is 26.1 Å². The van der Waals surface area contributed by atoms with Gasteiger partial charge in [-0.3, -0.25) is 14.4 Å². The van der Waals surface area contributed by atoms with Crippen LogP contribution in [0.1, 0.15) is 37.7 Å². The van der Waals surface area contributed by atoms with Crippen LogP contribution in [0, 0.1) is 0 Å². The zero-order chi connectivity index (χ0) is 17.6. The number of nitrogens with one attached hydrogen (secondary N) is 1. The fraction of sp³-hybridized carbons (Fsp3) is 0.526. The predicted molar refractivity (Wildman–Crippen MR) is 93.5 cm³/mol. The summed E-state index contributed by atoms with van der Waals surface area (Å²) in [6, 6.07) is 9.17. The SMILES string of the molecule is O=C(NCC(=O)N1CCCCC1)C1CCC(=O)N1Cc1ccccc1. The second-order valence-corrected chi connectivity index (χ2v) is 6.72. The highest BCUT2D eigenvalue weighted by Gasteiger charge is 2.36. The number of carbonyl (C=O) groups is 3. The number of carbonyl (C=O) groups excluding carboxylic acids is 3. The van der Waals surface area contributed by atoms with Gasteiger partial charge in [0.25, 0.3) is 0 Å². The first-order chi connectivity index (χ1) is 12.1. The highest BCUT2D eigenvalue weighted by Crippen LogP contribution is 2.21. The van der Waals surface area contributed by atoms with Crippen LogP contribution < -0.4 is 5.32 Å². The zero-order valence-corrected chi connectivity index (χ0v) is 14.4. The topological polar surface area (TPSA) is 69.7 Å². The van der Waals surface area contributed by atoms with Crippen molar-refractivity contribution in [2.24, 2.45) is 0 Å². The van der Waals surface area contributed by atoms with Crippen molar-refractivity contribution in [2.75, 3.05) is 19.6 Å². The maximum Gasteiger partial charge on any atom is 0.243 e. The first kappa shape index (κ1) is 17.5. The van der Waals surface area contributed by atoms with Gasteiger partial charge in [0.15, 0.2) is 0 Å². The van der Waals surface area contributed by atoms with E-state index >= 15 is 0 Å². The summed E-state index contributed by atoms with van der Waals surface area (Å²) in [5.74, 6) is -0.273. The molecule has 2 saturated heterocycles. The lowest BCUT2D eigenvalue weighted by atomic mass is 10.1. The minimum atomic E-state index is -0.484. The Bertz CT molecular complexity index is 626. The Morgan fingerprint density at radius 3 is 2.52 bits per heavy atom. The third-order valence-electron chi connectivity index (χ3n) is 4.95. The van der Waals surface area contributed by atoms with E-state index in [0.29, 0.717) is 19.4 Å². The van der Waals surface area contributed by atoms with Crippen LogP contribution >= 0.6 is 0 Å². The fourth-order valence-corrected chi connectivity index (χ4v) is 3.52. The molecule has 1 atom stereocenters. The van der Waals surface area contributed by atoms with Gasteiger partial charge in [0.2, 0.25) is 17.7 Å². The maximum absolute atomic E-state index is 12.5. The number of hydrogen-bond donors (Lipinski definition) is 1. The third kappa shape index (κ3) is 4.38. The first-order valence-electron chi connectivity index (χ1n) is 9.04. The molecule has 6 nitrogen and oxygen atoms in total. The molecule has 134 valence electrons. The Balaban J connectivity index is 1.54. The summed E-state index contributed by atoms with van der Waals surface area (Å²) in [5.41, 5.74) is 1.000. The molecule has 2 heterocycles. The Hall–Kier alpha value is -2.37. The van der Waals surface area contributed by atoms with Gasteiger partial charge in [-0.1, -0.05) is 30.3 Å². The molecule has 2 aliphatic heterocycles. The second kappa shape index (κ2) is 8.14. The average molecular weight is 343 g/mol. The largest absolute Gasteiger partial charge is 0.345 e. The average Bonchev–Trinajstić information content (AvgIpc) is 3.01. The van der Waals surface area contributed by atoms with Gasteiger partial charge in [-0.2, -0.15) is 0 Å². The van der Waals surface area contributed by atoms with Crippen molar-refractivity contribution in [3.63, 3.8) is 0 Å². The Morgan fingerprint density at radius 2 is 1.80 bits per heavy atom. The van der Waals surface area contributed by atoms with Gasteiger partial charge in [-0.05, 0) is 31.2 Å². The minimum Gasteiger partial charge on any atom is -0.345 e. The second-order valence-electron chi connectivity index (χ2n) is 6.72. The van der Waals surface area contributed by atoms with Crippen molar-refractivity contribution in [2.45, 2.75) is 44.7 Å². The third-order valence-corrected chi connectivity index (χ3v) is 4.95. The molecule has 1 aromatic rings. The van der Waals surface area contributed by atoms with E-state index in [9.17, 15) is 14.4 Å². The lowest BCUT2D eigenvalue weighted by molar-refractivity contribution is -0.137.